The Labute approximate surface area is 102 Å². The van der Waals surface area contributed by atoms with Crippen molar-refractivity contribution in [3.63, 3.8) is 0 Å². The number of carbonyl (C=O) groups is 1. The molecule has 1 aliphatic carbocycles. The van der Waals surface area contributed by atoms with E-state index in [0.29, 0.717) is 0 Å². The Morgan fingerprint density at radius 1 is 1.59 bits per heavy atom. The van der Waals surface area contributed by atoms with Gasteiger partial charge in [0, 0.05) is 11.1 Å². The molecule has 2 rings (SSSR count). The van der Waals surface area contributed by atoms with Crippen molar-refractivity contribution in [2.45, 2.75) is 39.0 Å². The summed E-state index contributed by atoms with van der Waals surface area (Å²) in [7, 11) is 0. The average Bonchev–Trinajstić information content (AvgIpc) is 2.81. The van der Waals surface area contributed by atoms with Gasteiger partial charge in [-0.1, -0.05) is 20.8 Å². The van der Waals surface area contributed by atoms with Crippen molar-refractivity contribution in [2.75, 3.05) is 0 Å². The third kappa shape index (κ3) is 2.65. The van der Waals surface area contributed by atoms with E-state index in [-0.39, 0.29) is 5.41 Å². The maximum atomic E-state index is 10.4. The Hall–Kier alpha value is -1.38. The van der Waals surface area contributed by atoms with Crippen LogP contribution in [-0.2, 0) is 10.2 Å². The van der Waals surface area contributed by atoms with E-state index < -0.39 is 0 Å². The first-order valence-corrected chi connectivity index (χ1v) is 6.20. The number of nitrogens with zero attached hydrogens (tertiary/aromatic N) is 1. The van der Waals surface area contributed by atoms with Gasteiger partial charge in [-0.25, -0.2) is 4.98 Å². The summed E-state index contributed by atoms with van der Waals surface area (Å²) in [5.41, 5.74) is 2.11. The van der Waals surface area contributed by atoms with Gasteiger partial charge < -0.3 is 4.98 Å². The highest BCUT2D eigenvalue weighted by molar-refractivity contribution is 5.73. The van der Waals surface area contributed by atoms with Gasteiger partial charge in [-0.05, 0) is 36.8 Å². The van der Waals surface area contributed by atoms with Gasteiger partial charge in [0.25, 0.3) is 0 Å². The van der Waals surface area contributed by atoms with Crippen LogP contribution in [0.4, 0.5) is 0 Å². The van der Waals surface area contributed by atoms with E-state index in [9.17, 15) is 4.79 Å². The van der Waals surface area contributed by atoms with E-state index in [0.717, 1.165) is 29.5 Å². The van der Waals surface area contributed by atoms with Crippen molar-refractivity contribution < 1.29 is 4.79 Å². The zero-order valence-corrected chi connectivity index (χ0v) is 10.7. The zero-order valence-electron chi connectivity index (χ0n) is 10.7. The number of allylic oxidation sites excluding steroid dienone is 1. The van der Waals surface area contributed by atoms with Crippen LogP contribution in [0.2, 0.25) is 0 Å². The average molecular weight is 232 g/mol. The topological polar surface area (TPSA) is 45.8 Å². The molecule has 0 aromatic carbocycles. The summed E-state index contributed by atoms with van der Waals surface area (Å²) in [5, 5.41) is 0. The number of hydrogen-bond donors (Lipinski definition) is 1. The summed E-state index contributed by atoms with van der Waals surface area (Å²) in [5.74, 6) is 1.71. The molecule has 0 amide bonds. The Bertz CT molecular complexity index is 431. The smallest absolute Gasteiger partial charge is 0.142 e. The van der Waals surface area contributed by atoms with E-state index in [4.69, 9.17) is 0 Å². The van der Waals surface area contributed by atoms with Crippen molar-refractivity contribution in [1.29, 1.82) is 0 Å². The summed E-state index contributed by atoms with van der Waals surface area (Å²) >= 11 is 0. The van der Waals surface area contributed by atoms with Gasteiger partial charge in [0.1, 0.15) is 6.29 Å². The quantitative estimate of drug-likeness (QED) is 0.626. The first-order chi connectivity index (χ1) is 8.04. The molecule has 0 aliphatic heterocycles. The number of rotatable bonds is 5. The third-order valence-corrected chi connectivity index (χ3v) is 3.73. The maximum Gasteiger partial charge on any atom is 0.142 e. The molecular weight excluding hydrogens is 212 g/mol. The van der Waals surface area contributed by atoms with Crippen LogP contribution in [0.25, 0.3) is 6.08 Å². The predicted octanol–water partition coefficient (Wildman–Crippen LogP) is 2.95. The highest BCUT2D eigenvalue weighted by atomic mass is 16.1. The molecule has 1 heterocycles. The molecule has 0 saturated heterocycles. The number of hydrogen-bond acceptors (Lipinski definition) is 2. The molecule has 1 aromatic heterocycles. The van der Waals surface area contributed by atoms with Gasteiger partial charge in [0.05, 0.1) is 12.0 Å². The van der Waals surface area contributed by atoms with Crippen molar-refractivity contribution in [2.24, 2.45) is 11.8 Å². The molecule has 1 aliphatic rings. The molecular formula is C14H20N2O. The van der Waals surface area contributed by atoms with E-state index >= 15 is 0 Å². The number of imidazole rings is 1. The second kappa shape index (κ2) is 4.47. The molecule has 3 nitrogen and oxygen atoms in total. The highest BCUT2D eigenvalue weighted by Gasteiger charge is 2.38. The predicted molar refractivity (Wildman–Crippen MR) is 68.6 cm³/mol. The summed E-state index contributed by atoms with van der Waals surface area (Å²) in [4.78, 5) is 17.9. The maximum absolute atomic E-state index is 10.4. The van der Waals surface area contributed by atoms with Gasteiger partial charge in [-0.15, -0.1) is 0 Å². The highest BCUT2D eigenvalue weighted by Crippen LogP contribution is 2.46. The van der Waals surface area contributed by atoms with Crippen LogP contribution in [0.1, 0.15) is 45.0 Å². The molecule has 0 spiro atoms. The van der Waals surface area contributed by atoms with Gasteiger partial charge in [-0.2, -0.15) is 0 Å². The fourth-order valence-corrected chi connectivity index (χ4v) is 2.54. The molecule has 1 fully saturated rings. The van der Waals surface area contributed by atoms with Crippen LogP contribution in [0, 0.1) is 11.8 Å². The number of H-pyrrole nitrogens is 1. The minimum Gasteiger partial charge on any atom is -0.348 e. The number of aldehydes is 1. The van der Waals surface area contributed by atoms with Crippen molar-refractivity contribution in [1.82, 2.24) is 9.97 Å². The van der Waals surface area contributed by atoms with E-state index in [1.54, 1.807) is 12.4 Å². The summed E-state index contributed by atoms with van der Waals surface area (Å²) in [6.07, 6.45) is 8.29. The van der Waals surface area contributed by atoms with Crippen LogP contribution in [0.15, 0.2) is 12.4 Å². The lowest BCUT2D eigenvalue weighted by molar-refractivity contribution is -0.104. The molecule has 3 heteroatoms. The van der Waals surface area contributed by atoms with Crippen LogP contribution in [0.3, 0.4) is 0 Å². The van der Waals surface area contributed by atoms with Crippen molar-refractivity contribution >= 4 is 12.4 Å². The fourth-order valence-electron chi connectivity index (χ4n) is 2.54. The Morgan fingerprint density at radius 2 is 2.29 bits per heavy atom. The number of carbonyl (C=O) groups excluding carboxylic acids is 1. The largest absolute Gasteiger partial charge is 0.348 e. The minimum absolute atomic E-state index is 0.0918. The lowest BCUT2D eigenvalue weighted by Gasteiger charge is -2.24. The molecule has 17 heavy (non-hydrogen) atoms. The van der Waals surface area contributed by atoms with Crippen LogP contribution in [0.5, 0.6) is 0 Å². The van der Waals surface area contributed by atoms with E-state index in [1.165, 1.54) is 18.9 Å². The van der Waals surface area contributed by atoms with Gasteiger partial charge in [0.15, 0.2) is 0 Å². The molecule has 1 N–H and O–H groups in total. The molecule has 92 valence electrons. The first kappa shape index (κ1) is 12.1. The van der Waals surface area contributed by atoms with Gasteiger partial charge in [0.2, 0.25) is 0 Å². The van der Waals surface area contributed by atoms with Crippen LogP contribution >= 0.6 is 0 Å². The zero-order chi connectivity index (χ0) is 12.5. The monoisotopic (exact) mass is 232 g/mol. The third-order valence-electron chi connectivity index (χ3n) is 3.73. The molecule has 1 saturated carbocycles. The normalized spacial score (nSPS) is 24.2. The fraction of sp³-hybridized carbons (Fsp3) is 0.571. The van der Waals surface area contributed by atoms with Crippen molar-refractivity contribution in [3.05, 3.63) is 23.8 Å². The Balaban J connectivity index is 2.16. The molecule has 1 aromatic rings. The number of aromatic amines is 1. The van der Waals surface area contributed by atoms with Crippen LogP contribution < -0.4 is 0 Å². The summed E-state index contributed by atoms with van der Waals surface area (Å²) < 4.78 is 0. The van der Waals surface area contributed by atoms with E-state index in [2.05, 4.69) is 30.7 Å². The molecule has 0 bridgehead atoms. The van der Waals surface area contributed by atoms with Crippen molar-refractivity contribution in [3.8, 4) is 0 Å². The van der Waals surface area contributed by atoms with Gasteiger partial charge >= 0.3 is 0 Å². The standard InChI is InChI=1S/C14H20N2O/c1-10-7-11(10)8-14(2,3)13-12(5-4-6-17)15-9-16-13/h4-6,9-11H,7-8H2,1-3H3,(H,15,16)/b5-4+/t10-,11+/m0/s1. The summed E-state index contributed by atoms with van der Waals surface area (Å²) in [6.45, 7) is 6.79. The lowest BCUT2D eigenvalue weighted by Crippen LogP contribution is -2.20. The molecule has 0 radical (unpaired) electrons. The Kier molecular flexibility index (Phi) is 3.18. The SMILES string of the molecule is C[C@H]1C[C@@H]1CC(C)(C)c1[nH]cnc1/C=C/C=O. The van der Waals surface area contributed by atoms with E-state index in [1.807, 2.05) is 0 Å². The lowest BCUT2D eigenvalue weighted by atomic mass is 9.82. The second-order valence-electron chi connectivity index (χ2n) is 5.72. The Morgan fingerprint density at radius 3 is 2.88 bits per heavy atom. The van der Waals surface area contributed by atoms with Gasteiger partial charge in [-0.3, -0.25) is 4.79 Å². The molecule has 0 unspecified atom stereocenters. The molecule has 2 atom stereocenters. The minimum atomic E-state index is 0.0918. The van der Waals surface area contributed by atoms with Crippen LogP contribution in [-0.4, -0.2) is 16.3 Å². The number of nitrogens with one attached hydrogen (secondary N) is 1. The number of aromatic nitrogens is 2. The first-order valence-electron chi connectivity index (χ1n) is 6.20. The second-order valence-corrected chi connectivity index (χ2v) is 5.72. The summed E-state index contributed by atoms with van der Waals surface area (Å²) in [6, 6.07) is 0.